The van der Waals surface area contributed by atoms with Crippen molar-refractivity contribution < 1.29 is 4.74 Å². The van der Waals surface area contributed by atoms with E-state index >= 15 is 0 Å². The van der Waals surface area contributed by atoms with E-state index in [2.05, 4.69) is 53.2 Å². The summed E-state index contributed by atoms with van der Waals surface area (Å²) in [4.78, 5) is 4.83. The Morgan fingerprint density at radius 1 is 1.10 bits per heavy atom. The Kier molecular flexibility index (Phi) is 7.00. The molecule has 0 spiro atoms. The van der Waals surface area contributed by atoms with Crippen LogP contribution in [0.15, 0.2) is 24.3 Å². The second-order valence-electron chi connectivity index (χ2n) is 5.47. The van der Waals surface area contributed by atoms with Crippen molar-refractivity contribution in [2.45, 2.75) is 20.4 Å². The summed E-state index contributed by atoms with van der Waals surface area (Å²) in [6.07, 6.45) is 0. The first kappa shape index (κ1) is 16.3. The third-order valence-corrected chi connectivity index (χ3v) is 4.14. The van der Waals surface area contributed by atoms with Gasteiger partial charge in [-0.05, 0) is 30.8 Å². The van der Waals surface area contributed by atoms with Crippen LogP contribution in [0.3, 0.4) is 0 Å². The Bertz CT molecular complexity index is 384. The SMILES string of the molecule is CCN(CC)CCNCc1ccc(N2CCOCC2)cc1. The molecule has 4 heteroatoms. The van der Waals surface area contributed by atoms with E-state index in [-0.39, 0.29) is 0 Å². The summed E-state index contributed by atoms with van der Waals surface area (Å²) in [6.45, 7) is 13.5. The number of morpholine rings is 1. The topological polar surface area (TPSA) is 27.7 Å². The van der Waals surface area contributed by atoms with Crippen molar-refractivity contribution in [3.63, 3.8) is 0 Å². The van der Waals surface area contributed by atoms with Crippen molar-refractivity contribution >= 4 is 5.69 Å². The fraction of sp³-hybridized carbons (Fsp3) is 0.647. The Balaban J connectivity index is 1.72. The molecule has 0 amide bonds. The number of hydrogen-bond acceptors (Lipinski definition) is 4. The van der Waals surface area contributed by atoms with Gasteiger partial charge in [0.2, 0.25) is 0 Å². The lowest BCUT2D eigenvalue weighted by molar-refractivity contribution is 0.122. The van der Waals surface area contributed by atoms with E-state index in [1.54, 1.807) is 0 Å². The number of likely N-dealkylation sites (N-methyl/N-ethyl adjacent to an activating group) is 1. The number of nitrogens with zero attached hydrogens (tertiary/aromatic N) is 2. The monoisotopic (exact) mass is 291 g/mol. The van der Waals surface area contributed by atoms with Crippen molar-refractivity contribution in [2.24, 2.45) is 0 Å². The van der Waals surface area contributed by atoms with Crippen LogP contribution in [0.5, 0.6) is 0 Å². The average molecular weight is 291 g/mol. The third-order valence-electron chi connectivity index (χ3n) is 4.14. The van der Waals surface area contributed by atoms with Gasteiger partial charge in [0.05, 0.1) is 13.2 Å². The van der Waals surface area contributed by atoms with Gasteiger partial charge in [-0.25, -0.2) is 0 Å². The fourth-order valence-corrected chi connectivity index (χ4v) is 2.66. The van der Waals surface area contributed by atoms with Gasteiger partial charge in [0, 0.05) is 38.4 Å². The van der Waals surface area contributed by atoms with Crippen LogP contribution in [-0.2, 0) is 11.3 Å². The molecule has 4 nitrogen and oxygen atoms in total. The van der Waals surface area contributed by atoms with Gasteiger partial charge in [-0.3, -0.25) is 0 Å². The number of benzene rings is 1. The van der Waals surface area contributed by atoms with Gasteiger partial charge in [0.1, 0.15) is 0 Å². The second-order valence-corrected chi connectivity index (χ2v) is 5.47. The molecular formula is C17H29N3O. The maximum Gasteiger partial charge on any atom is 0.0642 e. The third kappa shape index (κ3) is 5.30. The quantitative estimate of drug-likeness (QED) is 0.741. The minimum atomic E-state index is 0.842. The first-order valence-electron chi connectivity index (χ1n) is 8.18. The van der Waals surface area contributed by atoms with Gasteiger partial charge in [0.15, 0.2) is 0 Å². The molecule has 0 saturated carbocycles. The van der Waals surface area contributed by atoms with Gasteiger partial charge in [-0.15, -0.1) is 0 Å². The lowest BCUT2D eigenvalue weighted by Gasteiger charge is -2.28. The zero-order chi connectivity index (χ0) is 14.9. The summed E-state index contributed by atoms with van der Waals surface area (Å²) in [5, 5.41) is 3.52. The van der Waals surface area contributed by atoms with Crippen molar-refractivity contribution in [1.82, 2.24) is 10.2 Å². The minimum Gasteiger partial charge on any atom is -0.378 e. The first-order valence-corrected chi connectivity index (χ1v) is 8.18. The number of anilines is 1. The molecule has 1 aliphatic heterocycles. The van der Waals surface area contributed by atoms with E-state index in [1.807, 2.05) is 0 Å². The molecule has 0 aromatic heterocycles. The van der Waals surface area contributed by atoms with Gasteiger partial charge >= 0.3 is 0 Å². The molecule has 1 aromatic carbocycles. The molecule has 21 heavy (non-hydrogen) atoms. The van der Waals surface area contributed by atoms with E-state index in [1.165, 1.54) is 11.3 Å². The molecule has 0 atom stereocenters. The number of hydrogen-bond donors (Lipinski definition) is 1. The Morgan fingerprint density at radius 3 is 2.38 bits per heavy atom. The predicted molar refractivity (Wildman–Crippen MR) is 89.0 cm³/mol. The maximum absolute atomic E-state index is 5.39. The van der Waals surface area contributed by atoms with Crippen molar-refractivity contribution in [3.8, 4) is 0 Å². The highest BCUT2D eigenvalue weighted by Gasteiger charge is 2.10. The molecule has 2 rings (SSSR count). The van der Waals surface area contributed by atoms with Crippen LogP contribution in [0, 0.1) is 0 Å². The summed E-state index contributed by atoms with van der Waals surface area (Å²) in [6, 6.07) is 8.92. The summed E-state index contributed by atoms with van der Waals surface area (Å²) >= 11 is 0. The molecule has 1 aliphatic rings. The highest BCUT2D eigenvalue weighted by Crippen LogP contribution is 2.16. The normalized spacial score (nSPS) is 15.7. The van der Waals surface area contributed by atoms with Gasteiger partial charge in [-0.1, -0.05) is 26.0 Å². The molecule has 1 saturated heterocycles. The van der Waals surface area contributed by atoms with Crippen molar-refractivity contribution in [3.05, 3.63) is 29.8 Å². The smallest absolute Gasteiger partial charge is 0.0642 e. The molecule has 0 bridgehead atoms. The lowest BCUT2D eigenvalue weighted by Crippen LogP contribution is -2.36. The minimum absolute atomic E-state index is 0.842. The maximum atomic E-state index is 5.39. The fourth-order valence-electron chi connectivity index (χ4n) is 2.66. The van der Waals surface area contributed by atoms with Gasteiger partial charge < -0.3 is 19.9 Å². The van der Waals surface area contributed by atoms with Gasteiger partial charge in [-0.2, -0.15) is 0 Å². The Morgan fingerprint density at radius 2 is 1.76 bits per heavy atom. The van der Waals surface area contributed by atoms with Crippen LogP contribution in [0.4, 0.5) is 5.69 Å². The molecule has 118 valence electrons. The van der Waals surface area contributed by atoms with Crippen LogP contribution in [0.1, 0.15) is 19.4 Å². The summed E-state index contributed by atoms with van der Waals surface area (Å²) in [7, 11) is 0. The van der Waals surface area contributed by atoms with Crippen LogP contribution < -0.4 is 10.2 Å². The largest absolute Gasteiger partial charge is 0.378 e. The van der Waals surface area contributed by atoms with Gasteiger partial charge in [0.25, 0.3) is 0 Å². The highest BCUT2D eigenvalue weighted by molar-refractivity contribution is 5.47. The standard InChI is InChI=1S/C17H29N3O/c1-3-19(4-2)10-9-18-15-16-5-7-17(8-6-16)20-11-13-21-14-12-20/h5-8,18H,3-4,9-15H2,1-2H3. The Labute approximate surface area is 129 Å². The van der Waals surface area contributed by atoms with Crippen molar-refractivity contribution in [1.29, 1.82) is 0 Å². The summed E-state index contributed by atoms with van der Waals surface area (Å²) in [5.41, 5.74) is 2.66. The lowest BCUT2D eigenvalue weighted by atomic mass is 10.2. The number of rotatable bonds is 8. The van der Waals surface area contributed by atoms with E-state index in [0.717, 1.165) is 59.0 Å². The molecule has 0 radical (unpaired) electrons. The first-order chi connectivity index (χ1) is 10.3. The van der Waals surface area contributed by atoms with Crippen LogP contribution in [-0.4, -0.2) is 57.4 Å². The van der Waals surface area contributed by atoms with Crippen molar-refractivity contribution in [2.75, 3.05) is 57.4 Å². The number of nitrogens with one attached hydrogen (secondary N) is 1. The predicted octanol–water partition coefficient (Wildman–Crippen LogP) is 1.95. The summed E-state index contributed by atoms with van der Waals surface area (Å²) in [5.74, 6) is 0. The van der Waals surface area contributed by atoms with Crippen LogP contribution in [0.25, 0.3) is 0 Å². The molecule has 0 unspecified atom stereocenters. The molecule has 0 aliphatic carbocycles. The van der Waals surface area contributed by atoms with Crippen LogP contribution in [0.2, 0.25) is 0 Å². The zero-order valence-corrected chi connectivity index (χ0v) is 13.5. The van der Waals surface area contributed by atoms with Crippen LogP contribution >= 0.6 is 0 Å². The zero-order valence-electron chi connectivity index (χ0n) is 13.5. The van der Waals surface area contributed by atoms with E-state index < -0.39 is 0 Å². The molecule has 1 fully saturated rings. The number of ether oxygens (including phenoxy) is 1. The van der Waals surface area contributed by atoms with E-state index in [9.17, 15) is 0 Å². The second kappa shape index (κ2) is 9.03. The average Bonchev–Trinajstić information content (AvgIpc) is 2.56. The molecule has 1 N–H and O–H groups in total. The molecule has 1 heterocycles. The molecular weight excluding hydrogens is 262 g/mol. The van der Waals surface area contributed by atoms with E-state index in [4.69, 9.17) is 4.74 Å². The highest BCUT2D eigenvalue weighted by atomic mass is 16.5. The summed E-state index contributed by atoms with van der Waals surface area (Å²) < 4.78 is 5.39. The van der Waals surface area contributed by atoms with E-state index in [0.29, 0.717) is 0 Å². The Hall–Kier alpha value is -1.10. The molecule has 1 aromatic rings.